The second-order valence-corrected chi connectivity index (χ2v) is 7.06. The molecule has 3 N–H and O–H groups in total. The minimum Gasteiger partial charge on any atom is -0.484 e. The van der Waals surface area contributed by atoms with Crippen LogP contribution in [0.4, 0.5) is 0 Å². The third kappa shape index (κ3) is 8.50. The molecule has 0 aliphatic carbocycles. The van der Waals surface area contributed by atoms with Crippen molar-refractivity contribution in [3.05, 3.63) is 29.8 Å². The Kier molecular flexibility index (Phi) is 8.67. The van der Waals surface area contributed by atoms with Crippen molar-refractivity contribution < 1.29 is 23.9 Å². The minimum atomic E-state index is -0.603. The first-order valence-corrected chi connectivity index (χ1v) is 8.84. The van der Waals surface area contributed by atoms with Crippen molar-refractivity contribution in [3.8, 4) is 5.75 Å². The van der Waals surface area contributed by atoms with Crippen molar-refractivity contribution in [1.29, 1.82) is 0 Å². The van der Waals surface area contributed by atoms with Crippen LogP contribution in [0, 0.1) is 5.41 Å². The number of amides is 2. The summed E-state index contributed by atoms with van der Waals surface area (Å²) < 4.78 is 10.3. The van der Waals surface area contributed by atoms with E-state index in [1.165, 1.54) is 0 Å². The van der Waals surface area contributed by atoms with Gasteiger partial charge in [-0.2, -0.15) is 0 Å². The van der Waals surface area contributed by atoms with Crippen LogP contribution in [0.15, 0.2) is 24.3 Å². The van der Waals surface area contributed by atoms with E-state index in [4.69, 9.17) is 21.7 Å². The summed E-state index contributed by atoms with van der Waals surface area (Å²) in [6.45, 7) is 7.23. The fourth-order valence-electron chi connectivity index (χ4n) is 1.60. The summed E-state index contributed by atoms with van der Waals surface area (Å²) >= 11 is 4.92. The summed E-state index contributed by atoms with van der Waals surface area (Å²) in [7, 11) is 0. The highest BCUT2D eigenvalue weighted by atomic mass is 32.1. The number of nitrogens with one attached hydrogen (secondary N) is 3. The lowest BCUT2D eigenvalue weighted by Gasteiger charge is -2.18. The van der Waals surface area contributed by atoms with Crippen molar-refractivity contribution in [3.63, 3.8) is 0 Å². The van der Waals surface area contributed by atoms with Crippen molar-refractivity contribution in [2.45, 2.75) is 34.1 Å². The van der Waals surface area contributed by atoms with Gasteiger partial charge in [-0.3, -0.25) is 20.4 Å². The van der Waals surface area contributed by atoms with Gasteiger partial charge in [0.05, 0.1) is 12.2 Å². The molecule has 0 saturated heterocycles. The predicted molar refractivity (Wildman–Crippen MR) is 104 cm³/mol. The molecule has 0 fully saturated rings. The molecule has 0 unspecified atom stereocenters. The normalized spacial score (nSPS) is 10.5. The molecule has 0 heterocycles. The Bertz CT molecular complexity index is 683. The van der Waals surface area contributed by atoms with Crippen LogP contribution in [0.3, 0.4) is 0 Å². The quantitative estimate of drug-likeness (QED) is 0.382. The molecule has 0 bridgehead atoms. The first-order chi connectivity index (χ1) is 12.6. The van der Waals surface area contributed by atoms with Gasteiger partial charge in [-0.1, -0.05) is 27.7 Å². The Morgan fingerprint density at radius 1 is 1.07 bits per heavy atom. The lowest BCUT2D eigenvalue weighted by molar-refractivity contribution is -0.127. The summed E-state index contributed by atoms with van der Waals surface area (Å²) in [4.78, 5) is 35.2. The third-order valence-electron chi connectivity index (χ3n) is 3.12. The van der Waals surface area contributed by atoms with Gasteiger partial charge in [-0.05, 0) is 42.9 Å². The number of carbonyl (C=O) groups is 3. The number of hydrogen-bond donors (Lipinski definition) is 3. The van der Waals surface area contributed by atoms with E-state index in [-0.39, 0.29) is 17.6 Å². The van der Waals surface area contributed by atoms with Gasteiger partial charge >= 0.3 is 5.97 Å². The Labute approximate surface area is 164 Å². The van der Waals surface area contributed by atoms with Gasteiger partial charge in [0.25, 0.3) is 5.91 Å². The van der Waals surface area contributed by atoms with Gasteiger partial charge in [0.15, 0.2) is 11.7 Å². The molecule has 0 atom stereocenters. The summed E-state index contributed by atoms with van der Waals surface area (Å²) in [5, 5.41) is 2.45. The smallest absolute Gasteiger partial charge is 0.338 e. The first kappa shape index (κ1) is 22.4. The maximum atomic E-state index is 11.8. The number of hydrazine groups is 1. The molecule has 27 heavy (non-hydrogen) atoms. The van der Waals surface area contributed by atoms with Crippen LogP contribution in [-0.2, 0) is 14.3 Å². The number of hydrogen-bond acceptors (Lipinski definition) is 6. The highest BCUT2D eigenvalue weighted by molar-refractivity contribution is 7.80. The number of ether oxygens (including phenoxy) is 2. The maximum absolute atomic E-state index is 11.8. The van der Waals surface area contributed by atoms with E-state index in [0.717, 1.165) is 6.42 Å². The van der Waals surface area contributed by atoms with Gasteiger partial charge in [0.1, 0.15) is 5.75 Å². The molecule has 9 heteroatoms. The standard InChI is InChI=1S/C18H25N3O5S/c1-5-10-25-15(23)12-6-8-13(9-7-12)26-11-14(22)20-21-17(27)19-16(24)18(2,3)4/h6-9H,5,10-11H2,1-4H3,(H,20,22)(H2,19,21,24,27). The van der Waals surface area contributed by atoms with Crippen LogP contribution >= 0.6 is 12.2 Å². The van der Waals surface area contributed by atoms with Gasteiger partial charge in [-0.15, -0.1) is 0 Å². The second-order valence-electron chi connectivity index (χ2n) is 6.66. The molecule has 0 saturated carbocycles. The molecular formula is C18H25N3O5S. The topological polar surface area (TPSA) is 106 Å². The van der Waals surface area contributed by atoms with E-state index in [1.54, 1.807) is 45.0 Å². The largest absolute Gasteiger partial charge is 0.484 e. The van der Waals surface area contributed by atoms with Crippen LogP contribution < -0.4 is 20.9 Å². The summed E-state index contributed by atoms with van der Waals surface area (Å²) in [5.74, 6) is -0.756. The molecule has 8 nitrogen and oxygen atoms in total. The zero-order valence-corrected chi connectivity index (χ0v) is 16.7. The van der Waals surface area contributed by atoms with Crippen LogP contribution in [0.25, 0.3) is 0 Å². The maximum Gasteiger partial charge on any atom is 0.338 e. The van der Waals surface area contributed by atoms with Gasteiger partial charge in [0.2, 0.25) is 5.91 Å². The average molecular weight is 395 g/mol. The van der Waals surface area contributed by atoms with E-state index < -0.39 is 17.3 Å². The molecule has 0 aromatic heterocycles. The molecule has 0 aliphatic rings. The van der Waals surface area contributed by atoms with Gasteiger partial charge in [-0.25, -0.2) is 4.79 Å². The molecule has 1 aromatic rings. The number of thiocarbonyl (C=S) groups is 1. The van der Waals surface area contributed by atoms with Gasteiger partial charge in [0, 0.05) is 5.41 Å². The average Bonchev–Trinajstić information content (AvgIpc) is 2.62. The Morgan fingerprint density at radius 3 is 2.26 bits per heavy atom. The van der Waals surface area contributed by atoms with E-state index in [1.807, 2.05) is 6.92 Å². The van der Waals surface area contributed by atoms with Crippen LogP contribution in [0.5, 0.6) is 5.75 Å². The molecule has 1 rings (SSSR count). The van der Waals surface area contributed by atoms with E-state index in [2.05, 4.69) is 16.2 Å². The summed E-state index contributed by atoms with van der Waals surface area (Å²) in [6.07, 6.45) is 0.749. The lowest BCUT2D eigenvalue weighted by atomic mass is 9.96. The molecule has 0 radical (unpaired) electrons. The molecule has 0 aliphatic heterocycles. The van der Waals surface area contributed by atoms with Crippen molar-refractivity contribution in [2.75, 3.05) is 13.2 Å². The highest BCUT2D eigenvalue weighted by Gasteiger charge is 2.22. The number of rotatable bonds is 6. The lowest BCUT2D eigenvalue weighted by Crippen LogP contribution is -2.51. The van der Waals surface area contributed by atoms with Crippen LogP contribution in [-0.4, -0.2) is 36.1 Å². The van der Waals surface area contributed by atoms with E-state index >= 15 is 0 Å². The summed E-state index contributed by atoms with van der Waals surface area (Å²) in [5.41, 5.74) is 4.54. The molecular weight excluding hydrogens is 370 g/mol. The zero-order chi connectivity index (χ0) is 20.4. The minimum absolute atomic E-state index is 0.0155. The highest BCUT2D eigenvalue weighted by Crippen LogP contribution is 2.13. The Hall–Kier alpha value is -2.68. The molecule has 148 valence electrons. The number of esters is 1. The number of carbonyl (C=O) groups excluding carboxylic acids is 3. The zero-order valence-electron chi connectivity index (χ0n) is 15.9. The van der Waals surface area contributed by atoms with Crippen molar-refractivity contribution >= 4 is 35.1 Å². The molecule has 2 amide bonds. The SMILES string of the molecule is CCCOC(=O)c1ccc(OCC(=O)NNC(=S)NC(=O)C(C)(C)C)cc1. The summed E-state index contributed by atoms with van der Waals surface area (Å²) in [6, 6.07) is 6.25. The monoisotopic (exact) mass is 395 g/mol. The van der Waals surface area contributed by atoms with Gasteiger partial charge < -0.3 is 14.8 Å². The first-order valence-electron chi connectivity index (χ1n) is 8.43. The predicted octanol–water partition coefficient (Wildman–Crippen LogP) is 1.70. The fourth-order valence-corrected chi connectivity index (χ4v) is 1.74. The fraction of sp³-hybridized carbons (Fsp3) is 0.444. The van der Waals surface area contributed by atoms with Crippen molar-refractivity contribution in [1.82, 2.24) is 16.2 Å². The van der Waals surface area contributed by atoms with Crippen LogP contribution in [0.2, 0.25) is 0 Å². The van der Waals surface area contributed by atoms with Crippen molar-refractivity contribution in [2.24, 2.45) is 5.41 Å². The number of benzene rings is 1. The molecule has 0 spiro atoms. The van der Waals surface area contributed by atoms with E-state index in [9.17, 15) is 14.4 Å². The Morgan fingerprint density at radius 2 is 1.70 bits per heavy atom. The van der Waals surface area contributed by atoms with Crippen LogP contribution in [0.1, 0.15) is 44.5 Å². The van der Waals surface area contributed by atoms with E-state index in [0.29, 0.717) is 17.9 Å². The third-order valence-corrected chi connectivity index (χ3v) is 3.33. The Balaban J connectivity index is 2.37. The molecule has 1 aromatic carbocycles. The second kappa shape index (κ2) is 10.5.